The lowest BCUT2D eigenvalue weighted by Gasteiger charge is -2.26. The number of anilines is 1. The van der Waals surface area contributed by atoms with Gasteiger partial charge in [-0.3, -0.25) is 4.79 Å². The number of carbonyl (C=O) groups excluding carboxylic acids is 1. The maximum atomic E-state index is 13.3. The van der Waals surface area contributed by atoms with Gasteiger partial charge in [0.05, 0.1) is 17.3 Å². The van der Waals surface area contributed by atoms with Crippen LogP contribution in [0.3, 0.4) is 0 Å². The quantitative estimate of drug-likeness (QED) is 0.220. The van der Waals surface area contributed by atoms with Crippen LogP contribution in [0, 0.1) is 6.92 Å². The van der Waals surface area contributed by atoms with Crippen molar-refractivity contribution >= 4 is 23.5 Å². The fraction of sp³-hybridized carbons (Fsp3) is 0.281. The van der Waals surface area contributed by atoms with E-state index < -0.39 is 0 Å². The molecule has 0 bridgehead atoms. The Bertz CT molecular complexity index is 1490. The average Bonchev–Trinajstić information content (AvgIpc) is 3.45. The third-order valence-corrected chi connectivity index (χ3v) is 7.75. The maximum Gasteiger partial charge on any atom is 0.254 e. The highest BCUT2D eigenvalue weighted by Gasteiger charge is 2.29. The largest absolute Gasteiger partial charge is 0.504 e. The molecule has 1 aromatic heterocycles. The van der Waals surface area contributed by atoms with E-state index in [1.54, 1.807) is 12.3 Å². The molecule has 7 nitrogen and oxygen atoms in total. The van der Waals surface area contributed by atoms with Gasteiger partial charge in [0.15, 0.2) is 11.5 Å². The summed E-state index contributed by atoms with van der Waals surface area (Å²) in [6, 6.07) is 21.0. The minimum atomic E-state index is -0.231. The number of aromatic nitrogens is 2. The molecular weight excluding hydrogens is 524 g/mol. The number of aromatic hydroxyl groups is 2. The maximum absolute atomic E-state index is 13.3. The number of hydrogen-bond acceptors (Lipinski definition) is 6. The van der Waals surface area contributed by atoms with Crippen molar-refractivity contribution in [2.24, 2.45) is 0 Å². The number of phenols is 2. The van der Waals surface area contributed by atoms with Gasteiger partial charge in [-0.15, -0.1) is 0 Å². The van der Waals surface area contributed by atoms with Gasteiger partial charge in [-0.05, 0) is 85.5 Å². The molecule has 3 N–H and O–H groups in total. The van der Waals surface area contributed by atoms with E-state index in [1.807, 2.05) is 24.3 Å². The van der Waals surface area contributed by atoms with Gasteiger partial charge in [-0.25, -0.2) is 9.97 Å². The van der Waals surface area contributed by atoms with Crippen LogP contribution in [-0.4, -0.2) is 39.2 Å². The number of carbonyl (C=O) groups is 1. The molecule has 1 amide bonds. The number of halogens is 1. The molecule has 3 aromatic carbocycles. The Hall–Kier alpha value is -4.10. The number of amides is 1. The van der Waals surface area contributed by atoms with Crippen molar-refractivity contribution in [3.05, 3.63) is 111 Å². The van der Waals surface area contributed by atoms with Gasteiger partial charge in [-0.2, -0.15) is 0 Å². The third kappa shape index (κ3) is 6.37. The van der Waals surface area contributed by atoms with Crippen LogP contribution in [0.2, 0.25) is 5.02 Å². The number of nitrogens with one attached hydrogen (secondary N) is 1. The Morgan fingerprint density at radius 2 is 1.82 bits per heavy atom. The number of hydrogen-bond donors (Lipinski definition) is 3. The van der Waals surface area contributed by atoms with Crippen molar-refractivity contribution in [3.63, 3.8) is 0 Å². The van der Waals surface area contributed by atoms with Crippen molar-refractivity contribution in [2.45, 2.75) is 45.1 Å². The van der Waals surface area contributed by atoms with Gasteiger partial charge in [0.1, 0.15) is 0 Å². The predicted octanol–water partition coefficient (Wildman–Crippen LogP) is 5.95. The Morgan fingerprint density at radius 3 is 2.60 bits per heavy atom. The first-order valence-corrected chi connectivity index (χ1v) is 14.0. The molecule has 0 saturated carbocycles. The molecule has 206 valence electrons. The van der Waals surface area contributed by atoms with Gasteiger partial charge in [0, 0.05) is 24.3 Å². The average molecular weight is 557 g/mol. The van der Waals surface area contributed by atoms with E-state index in [-0.39, 0.29) is 23.4 Å². The monoisotopic (exact) mass is 556 g/mol. The summed E-state index contributed by atoms with van der Waals surface area (Å²) in [5.74, 6) is 0.0584. The molecule has 1 atom stereocenters. The lowest BCUT2D eigenvalue weighted by molar-refractivity contribution is 0.0952. The molecule has 0 radical (unpaired) electrons. The Morgan fingerprint density at radius 1 is 1.02 bits per heavy atom. The normalized spacial score (nSPS) is 14.8. The van der Waals surface area contributed by atoms with E-state index in [0.29, 0.717) is 35.9 Å². The van der Waals surface area contributed by atoms with Gasteiger partial charge < -0.3 is 20.4 Å². The number of aryl methyl sites for hydroxylation is 3. The summed E-state index contributed by atoms with van der Waals surface area (Å²) in [6.45, 7) is 3.30. The van der Waals surface area contributed by atoms with Crippen molar-refractivity contribution in [3.8, 4) is 11.5 Å². The van der Waals surface area contributed by atoms with E-state index in [4.69, 9.17) is 16.6 Å². The summed E-state index contributed by atoms with van der Waals surface area (Å²) in [7, 11) is 0. The second-order valence-corrected chi connectivity index (χ2v) is 10.6. The van der Waals surface area contributed by atoms with Crippen LogP contribution >= 0.6 is 11.6 Å². The molecule has 5 rings (SSSR count). The first-order valence-electron chi connectivity index (χ1n) is 13.6. The van der Waals surface area contributed by atoms with Crippen LogP contribution in [0.1, 0.15) is 57.2 Å². The Kier molecular flexibility index (Phi) is 8.51. The fourth-order valence-electron chi connectivity index (χ4n) is 5.25. The number of phenolic OH excluding ortho intramolecular Hbond substituents is 2. The molecule has 1 aliphatic rings. The number of benzene rings is 3. The summed E-state index contributed by atoms with van der Waals surface area (Å²) < 4.78 is 0. The van der Waals surface area contributed by atoms with Crippen LogP contribution < -0.4 is 10.2 Å². The molecule has 1 fully saturated rings. The number of rotatable bonds is 9. The van der Waals surface area contributed by atoms with Crippen LogP contribution in [0.4, 0.5) is 5.95 Å². The van der Waals surface area contributed by atoms with E-state index in [1.165, 1.54) is 28.8 Å². The second kappa shape index (κ2) is 12.4. The van der Waals surface area contributed by atoms with E-state index in [0.717, 1.165) is 37.1 Å². The summed E-state index contributed by atoms with van der Waals surface area (Å²) >= 11 is 6.12. The summed E-state index contributed by atoms with van der Waals surface area (Å²) in [5.41, 5.74) is 5.60. The highest BCUT2D eigenvalue weighted by molar-refractivity contribution is 6.30. The highest BCUT2D eigenvalue weighted by atomic mass is 35.5. The lowest BCUT2D eigenvalue weighted by atomic mass is 10.0. The molecule has 40 heavy (non-hydrogen) atoms. The first kappa shape index (κ1) is 27.5. The molecule has 0 spiro atoms. The van der Waals surface area contributed by atoms with Crippen molar-refractivity contribution in [1.82, 2.24) is 15.3 Å². The molecule has 4 aromatic rings. The molecule has 0 unspecified atom stereocenters. The SMILES string of the molecule is Cc1ccccc1CCc1nc(N2CCC[C@H]2c2ccc(Cl)cc2)ncc1C(=O)NCCc1ccc(O)c(O)c1. The van der Waals surface area contributed by atoms with Crippen molar-refractivity contribution in [2.75, 3.05) is 18.0 Å². The van der Waals surface area contributed by atoms with Crippen molar-refractivity contribution in [1.29, 1.82) is 0 Å². The minimum Gasteiger partial charge on any atom is -0.504 e. The zero-order chi connectivity index (χ0) is 28.1. The summed E-state index contributed by atoms with van der Waals surface area (Å²) in [4.78, 5) is 25.2. The topological polar surface area (TPSA) is 98.6 Å². The predicted molar refractivity (Wildman–Crippen MR) is 157 cm³/mol. The zero-order valence-electron chi connectivity index (χ0n) is 22.5. The molecule has 1 aliphatic heterocycles. The number of nitrogens with zero attached hydrogens (tertiary/aromatic N) is 3. The fourth-order valence-corrected chi connectivity index (χ4v) is 5.37. The van der Waals surface area contributed by atoms with Crippen LogP contribution in [0.25, 0.3) is 0 Å². The zero-order valence-corrected chi connectivity index (χ0v) is 23.2. The van der Waals surface area contributed by atoms with Gasteiger partial charge in [0.2, 0.25) is 5.95 Å². The van der Waals surface area contributed by atoms with E-state index >= 15 is 0 Å². The molecule has 8 heteroatoms. The Labute approximate surface area is 239 Å². The molecule has 2 heterocycles. The molecule has 1 saturated heterocycles. The van der Waals surface area contributed by atoms with E-state index in [2.05, 4.69) is 46.4 Å². The molecule has 0 aliphatic carbocycles. The standard InChI is InChI=1S/C32H33ClN4O3/c1-21-5-2-3-6-23(21)11-14-27-26(31(40)34-17-16-22-8-15-29(38)30(39)19-22)20-35-32(36-27)37-18-4-7-28(37)24-9-12-25(33)13-10-24/h2-3,5-6,8-10,12-13,15,19-20,28,38-39H,4,7,11,14,16-18H2,1H3,(H,34,40)/t28-/m0/s1. The minimum absolute atomic E-state index is 0.155. The summed E-state index contributed by atoms with van der Waals surface area (Å²) in [6.07, 6.45) is 5.55. The first-order chi connectivity index (χ1) is 19.4. The van der Waals surface area contributed by atoms with Crippen molar-refractivity contribution < 1.29 is 15.0 Å². The van der Waals surface area contributed by atoms with Crippen LogP contribution in [-0.2, 0) is 19.3 Å². The summed E-state index contributed by atoms with van der Waals surface area (Å²) in [5, 5.41) is 23.0. The second-order valence-electron chi connectivity index (χ2n) is 10.2. The van der Waals surface area contributed by atoms with Crippen LogP contribution in [0.5, 0.6) is 11.5 Å². The highest BCUT2D eigenvalue weighted by Crippen LogP contribution is 2.35. The smallest absolute Gasteiger partial charge is 0.254 e. The van der Waals surface area contributed by atoms with Gasteiger partial charge >= 0.3 is 0 Å². The van der Waals surface area contributed by atoms with Gasteiger partial charge in [-0.1, -0.05) is 54.1 Å². The van der Waals surface area contributed by atoms with Crippen LogP contribution in [0.15, 0.2) is 72.9 Å². The third-order valence-electron chi connectivity index (χ3n) is 7.50. The Balaban J connectivity index is 1.37. The van der Waals surface area contributed by atoms with E-state index in [9.17, 15) is 15.0 Å². The van der Waals surface area contributed by atoms with Gasteiger partial charge in [0.25, 0.3) is 5.91 Å². The lowest BCUT2D eigenvalue weighted by Crippen LogP contribution is -2.29. The molecular formula is C32H33ClN4O3.